The summed E-state index contributed by atoms with van der Waals surface area (Å²) in [5.74, 6) is 0.419. The molecule has 0 atom stereocenters. The molecule has 2 nitrogen and oxygen atoms in total. The zero-order valence-electron chi connectivity index (χ0n) is 7.96. The van der Waals surface area contributed by atoms with Crippen LogP contribution in [-0.2, 0) is 0 Å². The monoisotopic (exact) mass is 228 g/mol. The number of hydrogen-bond donors (Lipinski definition) is 0. The maximum absolute atomic E-state index is 6.02. The van der Waals surface area contributed by atoms with Crippen molar-refractivity contribution in [1.29, 1.82) is 0 Å². The summed E-state index contributed by atoms with van der Waals surface area (Å²) in [6.45, 7) is 4.23. The number of nitrogens with zero attached hydrogens (tertiary/aromatic N) is 2. The minimum Gasteiger partial charge on any atom is -0.291 e. The van der Waals surface area contributed by atoms with Gasteiger partial charge in [0.2, 0.25) is 0 Å². The maximum atomic E-state index is 6.02. The Morgan fingerprint density at radius 3 is 2.71 bits per heavy atom. The first-order valence-corrected chi connectivity index (χ1v) is 5.18. The summed E-state index contributed by atoms with van der Waals surface area (Å²) in [6.07, 6.45) is 1.91. The third kappa shape index (κ3) is 1.49. The molecule has 2 rings (SSSR count). The van der Waals surface area contributed by atoms with Gasteiger partial charge in [0.15, 0.2) is 0 Å². The van der Waals surface area contributed by atoms with E-state index in [2.05, 4.69) is 18.8 Å². The van der Waals surface area contributed by atoms with Crippen LogP contribution in [0.3, 0.4) is 0 Å². The lowest BCUT2D eigenvalue weighted by Crippen LogP contribution is -1.93. The van der Waals surface area contributed by atoms with Gasteiger partial charge in [-0.1, -0.05) is 37.0 Å². The molecule has 14 heavy (non-hydrogen) atoms. The van der Waals surface area contributed by atoms with Gasteiger partial charge in [-0.2, -0.15) is 0 Å². The van der Waals surface area contributed by atoms with Gasteiger partial charge < -0.3 is 0 Å². The fourth-order valence-electron chi connectivity index (χ4n) is 1.48. The van der Waals surface area contributed by atoms with E-state index in [1.807, 2.05) is 16.7 Å². The maximum Gasteiger partial charge on any atom is 0.143 e. The number of halogens is 2. The van der Waals surface area contributed by atoms with Crippen molar-refractivity contribution in [1.82, 2.24) is 9.38 Å². The van der Waals surface area contributed by atoms with Gasteiger partial charge in [-0.05, 0) is 17.5 Å². The molecule has 0 N–H and O–H groups in total. The highest BCUT2D eigenvalue weighted by Crippen LogP contribution is 2.24. The third-order valence-electron chi connectivity index (χ3n) is 2.19. The van der Waals surface area contributed by atoms with Crippen LogP contribution in [0.4, 0.5) is 0 Å². The molecule has 0 saturated heterocycles. The number of aromatic nitrogens is 2. The van der Waals surface area contributed by atoms with E-state index in [0.29, 0.717) is 16.2 Å². The summed E-state index contributed by atoms with van der Waals surface area (Å²) in [7, 11) is 0. The van der Waals surface area contributed by atoms with Crippen LogP contribution >= 0.6 is 23.2 Å². The molecule has 0 aromatic carbocycles. The highest BCUT2D eigenvalue weighted by atomic mass is 35.5. The van der Waals surface area contributed by atoms with Gasteiger partial charge in [0.25, 0.3) is 0 Å². The normalized spacial score (nSPS) is 11.5. The Labute approximate surface area is 92.5 Å². The summed E-state index contributed by atoms with van der Waals surface area (Å²) >= 11 is 11.9. The van der Waals surface area contributed by atoms with Gasteiger partial charge in [0, 0.05) is 12.3 Å². The van der Waals surface area contributed by atoms with Gasteiger partial charge in [-0.15, -0.1) is 0 Å². The molecule has 0 radical (unpaired) electrons. The molecule has 2 heterocycles. The third-order valence-corrected chi connectivity index (χ3v) is 2.68. The SMILES string of the molecule is CC(C)c1ccn2c(Cl)cc(Cl)nc12. The van der Waals surface area contributed by atoms with Crippen LogP contribution in [0, 0.1) is 0 Å². The molecule has 0 bridgehead atoms. The minimum atomic E-state index is 0.419. The second kappa shape index (κ2) is 3.44. The predicted octanol–water partition coefficient (Wildman–Crippen LogP) is 3.76. The minimum absolute atomic E-state index is 0.419. The lowest BCUT2D eigenvalue weighted by molar-refractivity contribution is 0.872. The molecular weight excluding hydrogens is 219 g/mol. The Morgan fingerprint density at radius 2 is 2.07 bits per heavy atom. The Hall–Kier alpha value is -0.730. The van der Waals surface area contributed by atoms with Crippen molar-refractivity contribution < 1.29 is 0 Å². The molecular formula is C10H10Cl2N2. The van der Waals surface area contributed by atoms with Crippen molar-refractivity contribution in [2.75, 3.05) is 0 Å². The van der Waals surface area contributed by atoms with Crippen LogP contribution in [0.2, 0.25) is 10.3 Å². The Morgan fingerprint density at radius 1 is 1.36 bits per heavy atom. The molecule has 2 aromatic rings. The van der Waals surface area contributed by atoms with E-state index in [1.165, 1.54) is 0 Å². The van der Waals surface area contributed by atoms with E-state index < -0.39 is 0 Å². The Balaban J connectivity index is 2.78. The van der Waals surface area contributed by atoms with Crippen molar-refractivity contribution in [2.45, 2.75) is 19.8 Å². The second-order valence-electron chi connectivity index (χ2n) is 3.52. The molecule has 0 spiro atoms. The zero-order chi connectivity index (χ0) is 10.3. The topological polar surface area (TPSA) is 17.3 Å². The average molecular weight is 229 g/mol. The second-order valence-corrected chi connectivity index (χ2v) is 4.30. The first-order valence-electron chi connectivity index (χ1n) is 4.42. The molecule has 4 heteroatoms. The number of rotatable bonds is 1. The molecule has 0 saturated carbocycles. The van der Waals surface area contributed by atoms with Gasteiger partial charge >= 0.3 is 0 Å². The fraction of sp³-hybridized carbons (Fsp3) is 0.300. The lowest BCUT2D eigenvalue weighted by Gasteiger charge is -2.04. The summed E-state index contributed by atoms with van der Waals surface area (Å²) in [4.78, 5) is 4.26. The van der Waals surface area contributed by atoms with Crippen molar-refractivity contribution in [2.24, 2.45) is 0 Å². The van der Waals surface area contributed by atoms with Crippen LogP contribution < -0.4 is 0 Å². The first kappa shape index (κ1) is 9.81. The van der Waals surface area contributed by atoms with E-state index in [1.54, 1.807) is 6.07 Å². The summed E-state index contributed by atoms with van der Waals surface area (Å²) in [6, 6.07) is 3.66. The van der Waals surface area contributed by atoms with Crippen molar-refractivity contribution in [3.05, 3.63) is 34.2 Å². The quantitative estimate of drug-likeness (QED) is 0.680. The summed E-state index contributed by atoms with van der Waals surface area (Å²) in [5, 5.41) is 1.02. The summed E-state index contributed by atoms with van der Waals surface area (Å²) < 4.78 is 1.84. The average Bonchev–Trinajstić information content (AvgIpc) is 2.47. The molecule has 0 aliphatic carbocycles. The molecule has 0 amide bonds. The van der Waals surface area contributed by atoms with Crippen LogP contribution in [0.1, 0.15) is 25.3 Å². The fourth-order valence-corrected chi connectivity index (χ4v) is 1.96. The first-order chi connectivity index (χ1) is 6.59. The van der Waals surface area contributed by atoms with E-state index in [4.69, 9.17) is 23.2 Å². The molecule has 0 fully saturated rings. The Bertz CT molecular complexity index is 474. The smallest absolute Gasteiger partial charge is 0.143 e. The van der Waals surface area contributed by atoms with Crippen LogP contribution in [0.25, 0.3) is 5.65 Å². The zero-order valence-corrected chi connectivity index (χ0v) is 9.47. The lowest BCUT2D eigenvalue weighted by atomic mass is 10.1. The van der Waals surface area contributed by atoms with Crippen molar-refractivity contribution in [3.63, 3.8) is 0 Å². The Kier molecular flexibility index (Phi) is 2.41. The van der Waals surface area contributed by atoms with E-state index in [0.717, 1.165) is 11.2 Å². The van der Waals surface area contributed by atoms with Gasteiger partial charge in [-0.25, -0.2) is 4.98 Å². The van der Waals surface area contributed by atoms with Crippen LogP contribution in [-0.4, -0.2) is 9.38 Å². The van der Waals surface area contributed by atoms with E-state index in [-0.39, 0.29) is 0 Å². The van der Waals surface area contributed by atoms with Crippen LogP contribution in [0.5, 0.6) is 0 Å². The van der Waals surface area contributed by atoms with Gasteiger partial charge in [0.1, 0.15) is 16.0 Å². The van der Waals surface area contributed by atoms with Crippen LogP contribution in [0.15, 0.2) is 18.3 Å². The van der Waals surface area contributed by atoms with Gasteiger partial charge in [-0.3, -0.25) is 4.40 Å². The van der Waals surface area contributed by atoms with E-state index >= 15 is 0 Å². The van der Waals surface area contributed by atoms with Crippen molar-refractivity contribution >= 4 is 28.8 Å². The molecule has 0 unspecified atom stereocenters. The molecule has 0 aliphatic rings. The molecule has 74 valence electrons. The standard InChI is InChI=1S/C10H10Cl2N2/c1-6(2)7-3-4-14-9(12)5-8(11)13-10(7)14/h3-6H,1-2H3. The molecule has 2 aromatic heterocycles. The van der Waals surface area contributed by atoms with Crippen molar-refractivity contribution in [3.8, 4) is 0 Å². The number of hydrogen-bond acceptors (Lipinski definition) is 1. The predicted molar refractivity (Wildman–Crippen MR) is 59.3 cm³/mol. The number of fused-ring (bicyclic) bond motifs is 1. The van der Waals surface area contributed by atoms with Gasteiger partial charge in [0.05, 0.1) is 0 Å². The largest absolute Gasteiger partial charge is 0.291 e. The van der Waals surface area contributed by atoms with E-state index in [9.17, 15) is 0 Å². The molecule has 0 aliphatic heterocycles. The highest BCUT2D eigenvalue weighted by Gasteiger charge is 2.10. The summed E-state index contributed by atoms with van der Waals surface area (Å²) in [5.41, 5.74) is 2.01. The highest BCUT2D eigenvalue weighted by molar-refractivity contribution is 6.33.